The molecule has 1 amide bonds. The Labute approximate surface area is 224 Å². The number of amides is 1. The number of alkyl halides is 3. The number of methoxy groups -OCH3 is 1. The lowest BCUT2D eigenvalue weighted by Gasteiger charge is -2.45. The normalized spacial score (nSPS) is 17.4. The minimum Gasteiger partial charge on any atom is -0.496 e. The Bertz CT molecular complexity index is 1360. The van der Waals surface area contributed by atoms with Crippen molar-refractivity contribution in [3.05, 3.63) is 88.5 Å². The first kappa shape index (κ1) is 28.4. The SMILES string of the molecule is COc1ccc(C(C)C)cc1-c1ccc(C(F)(F)F)cc1CN1C(=O)O[C@H](c2cc(F)cc(F)c2)CC1(C)C. The van der Waals surface area contributed by atoms with Crippen LogP contribution >= 0.6 is 0 Å². The van der Waals surface area contributed by atoms with Crippen molar-refractivity contribution in [1.82, 2.24) is 4.90 Å². The quantitative estimate of drug-likeness (QED) is 0.290. The fourth-order valence-electron chi connectivity index (χ4n) is 4.89. The highest BCUT2D eigenvalue weighted by Gasteiger charge is 2.42. The summed E-state index contributed by atoms with van der Waals surface area (Å²) < 4.78 is 79.9. The zero-order valence-corrected chi connectivity index (χ0v) is 22.3. The number of hydrogen-bond donors (Lipinski definition) is 0. The van der Waals surface area contributed by atoms with E-state index in [1.54, 1.807) is 19.9 Å². The van der Waals surface area contributed by atoms with Gasteiger partial charge in [0, 0.05) is 23.6 Å². The second-order valence-electron chi connectivity index (χ2n) is 10.7. The summed E-state index contributed by atoms with van der Waals surface area (Å²) in [6, 6.07) is 11.9. The van der Waals surface area contributed by atoms with E-state index in [0.29, 0.717) is 16.9 Å². The fourth-order valence-corrected chi connectivity index (χ4v) is 4.89. The van der Waals surface area contributed by atoms with E-state index in [9.17, 15) is 26.7 Å². The molecule has 9 heteroatoms. The number of halogens is 5. The minimum absolute atomic E-state index is 0.160. The van der Waals surface area contributed by atoms with E-state index in [4.69, 9.17) is 9.47 Å². The van der Waals surface area contributed by atoms with Gasteiger partial charge in [-0.1, -0.05) is 26.0 Å². The number of rotatable bonds is 6. The van der Waals surface area contributed by atoms with Crippen molar-refractivity contribution in [2.24, 2.45) is 0 Å². The molecule has 1 heterocycles. The van der Waals surface area contributed by atoms with Gasteiger partial charge in [0.05, 0.1) is 19.2 Å². The number of benzene rings is 3. The van der Waals surface area contributed by atoms with E-state index < -0.39 is 41.1 Å². The minimum atomic E-state index is -4.60. The summed E-state index contributed by atoms with van der Waals surface area (Å²) in [5.74, 6) is -0.956. The van der Waals surface area contributed by atoms with Gasteiger partial charge in [0.1, 0.15) is 23.5 Å². The molecule has 0 saturated carbocycles. The Kier molecular flexibility index (Phi) is 7.65. The van der Waals surface area contributed by atoms with Gasteiger partial charge >= 0.3 is 12.3 Å². The summed E-state index contributed by atoms with van der Waals surface area (Å²) in [7, 11) is 1.48. The van der Waals surface area contributed by atoms with Crippen LogP contribution in [0.25, 0.3) is 11.1 Å². The third-order valence-corrected chi connectivity index (χ3v) is 7.08. The number of carbonyl (C=O) groups excluding carboxylic acids is 1. The standard InChI is InChI=1S/C30H30F5NO3/c1-17(2)18-6-9-26(38-5)25(13-18)24-8-7-21(30(33,34)35)10-20(24)16-36-28(37)39-27(15-29(36,3)4)19-11-22(31)14-23(32)12-19/h6-14,17,27H,15-16H2,1-5H3/t27-/m0/s1. The molecule has 3 aromatic rings. The maximum atomic E-state index is 13.8. The van der Waals surface area contributed by atoms with Gasteiger partial charge in [0.2, 0.25) is 0 Å². The van der Waals surface area contributed by atoms with Crippen LogP contribution in [0.2, 0.25) is 0 Å². The topological polar surface area (TPSA) is 38.8 Å². The third-order valence-electron chi connectivity index (χ3n) is 7.08. The fraction of sp³-hybridized carbons (Fsp3) is 0.367. The van der Waals surface area contributed by atoms with E-state index in [-0.39, 0.29) is 30.0 Å². The van der Waals surface area contributed by atoms with Crippen LogP contribution in [0, 0.1) is 11.6 Å². The molecule has 4 nitrogen and oxygen atoms in total. The average Bonchev–Trinajstić information content (AvgIpc) is 2.84. The Morgan fingerprint density at radius 1 is 1.00 bits per heavy atom. The average molecular weight is 548 g/mol. The molecule has 0 radical (unpaired) electrons. The summed E-state index contributed by atoms with van der Waals surface area (Å²) in [4.78, 5) is 14.6. The lowest BCUT2D eigenvalue weighted by atomic mass is 9.88. The predicted octanol–water partition coefficient (Wildman–Crippen LogP) is 8.64. The summed E-state index contributed by atoms with van der Waals surface area (Å²) >= 11 is 0. The van der Waals surface area contributed by atoms with Gasteiger partial charge < -0.3 is 9.47 Å². The smallest absolute Gasteiger partial charge is 0.416 e. The third kappa shape index (κ3) is 6.02. The molecule has 0 unspecified atom stereocenters. The first-order valence-electron chi connectivity index (χ1n) is 12.5. The lowest BCUT2D eigenvalue weighted by molar-refractivity contribution is -0.137. The number of nitrogens with zero attached hydrogens (tertiary/aromatic N) is 1. The molecule has 4 rings (SSSR count). The largest absolute Gasteiger partial charge is 0.496 e. The van der Waals surface area contributed by atoms with Crippen molar-refractivity contribution >= 4 is 6.09 Å². The Balaban J connectivity index is 1.76. The predicted molar refractivity (Wildman–Crippen MR) is 137 cm³/mol. The summed E-state index contributed by atoms with van der Waals surface area (Å²) in [6.07, 6.45) is -6.14. The van der Waals surface area contributed by atoms with Crippen LogP contribution in [-0.4, -0.2) is 23.6 Å². The van der Waals surface area contributed by atoms with E-state index >= 15 is 0 Å². The van der Waals surface area contributed by atoms with Gasteiger partial charge in [0.15, 0.2) is 0 Å². The Hall–Kier alpha value is -3.62. The number of ether oxygens (including phenoxy) is 2. The molecule has 1 fully saturated rings. The maximum absolute atomic E-state index is 13.8. The zero-order chi connectivity index (χ0) is 28.7. The first-order valence-corrected chi connectivity index (χ1v) is 12.5. The van der Waals surface area contributed by atoms with Crippen molar-refractivity contribution in [2.45, 2.75) is 64.4 Å². The van der Waals surface area contributed by atoms with Crippen LogP contribution in [0.15, 0.2) is 54.6 Å². The van der Waals surface area contributed by atoms with Crippen LogP contribution in [0.4, 0.5) is 26.7 Å². The summed E-state index contributed by atoms with van der Waals surface area (Å²) in [5.41, 5.74) is 0.714. The van der Waals surface area contributed by atoms with Crippen LogP contribution in [0.1, 0.15) is 68.4 Å². The van der Waals surface area contributed by atoms with Gasteiger partial charge in [-0.15, -0.1) is 0 Å². The Morgan fingerprint density at radius 3 is 2.23 bits per heavy atom. The van der Waals surface area contributed by atoms with E-state index in [0.717, 1.165) is 35.9 Å². The molecule has 1 aliphatic heterocycles. The molecule has 0 spiro atoms. The van der Waals surface area contributed by atoms with E-state index in [1.165, 1.54) is 18.1 Å². The number of hydrogen-bond acceptors (Lipinski definition) is 3. The summed E-state index contributed by atoms with van der Waals surface area (Å²) in [5, 5.41) is 0. The monoisotopic (exact) mass is 547 g/mol. The van der Waals surface area contributed by atoms with Crippen LogP contribution in [-0.2, 0) is 17.5 Å². The molecule has 1 saturated heterocycles. The van der Waals surface area contributed by atoms with E-state index in [1.807, 2.05) is 26.0 Å². The molecule has 1 atom stereocenters. The van der Waals surface area contributed by atoms with E-state index in [2.05, 4.69) is 0 Å². The van der Waals surface area contributed by atoms with Crippen LogP contribution in [0.3, 0.4) is 0 Å². The molecule has 208 valence electrons. The Morgan fingerprint density at radius 2 is 1.67 bits per heavy atom. The summed E-state index contributed by atoms with van der Waals surface area (Å²) in [6.45, 7) is 7.30. The molecular weight excluding hydrogens is 517 g/mol. The van der Waals surface area contributed by atoms with Gasteiger partial charge in [-0.2, -0.15) is 13.2 Å². The van der Waals surface area contributed by atoms with Crippen molar-refractivity contribution in [3.8, 4) is 16.9 Å². The second-order valence-corrected chi connectivity index (χ2v) is 10.7. The van der Waals surface area contributed by atoms with Gasteiger partial charge in [-0.05, 0) is 78.4 Å². The molecule has 0 bridgehead atoms. The number of carbonyl (C=O) groups is 1. The molecule has 3 aromatic carbocycles. The maximum Gasteiger partial charge on any atom is 0.416 e. The lowest BCUT2D eigenvalue weighted by Crippen LogP contribution is -2.52. The zero-order valence-electron chi connectivity index (χ0n) is 22.3. The highest BCUT2D eigenvalue weighted by Crippen LogP contribution is 2.42. The van der Waals surface area contributed by atoms with Gasteiger partial charge in [-0.25, -0.2) is 13.6 Å². The van der Waals surface area contributed by atoms with Crippen LogP contribution in [0.5, 0.6) is 5.75 Å². The molecule has 1 aliphatic rings. The van der Waals surface area contributed by atoms with Crippen molar-refractivity contribution in [1.29, 1.82) is 0 Å². The number of cyclic esters (lactones) is 1. The highest BCUT2D eigenvalue weighted by molar-refractivity contribution is 5.76. The molecule has 39 heavy (non-hydrogen) atoms. The van der Waals surface area contributed by atoms with Crippen molar-refractivity contribution in [3.63, 3.8) is 0 Å². The van der Waals surface area contributed by atoms with Crippen LogP contribution < -0.4 is 4.74 Å². The molecular formula is C30H30F5NO3. The van der Waals surface area contributed by atoms with Gasteiger partial charge in [0.25, 0.3) is 0 Å². The highest BCUT2D eigenvalue weighted by atomic mass is 19.4. The first-order chi connectivity index (χ1) is 18.2. The second kappa shape index (κ2) is 10.5. The molecule has 0 aliphatic carbocycles. The van der Waals surface area contributed by atoms with Crippen molar-refractivity contribution in [2.75, 3.05) is 7.11 Å². The molecule has 0 aromatic heterocycles. The van der Waals surface area contributed by atoms with Crippen molar-refractivity contribution < 1.29 is 36.2 Å². The van der Waals surface area contributed by atoms with Gasteiger partial charge in [-0.3, -0.25) is 4.90 Å². The molecule has 0 N–H and O–H groups in total.